The van der Waals surface area contributed by atoms with E-state index < -0.39 is 0 Å². The average molecular weight is 244 g/mol. The van der Waals surface area contributed by atoms with Crippen molar-refractivity contribution in [1.82, 2.24) is 0 Å². The molecule has 1 atom stereocenters. The molecule has 0 amide bonds. The molecule has 1 aliphatic rings. The molecule has 0 bridgehead atoms. The van der Waals surface area contributed by atoms with E-state index >= 15 is 0 Å². The molecule has 94 valence electrons. The Morgan fingerprint density at radius 2 is 2.17 bits per heavy atom. The molecule has 0 spiro atoms. The number of hydrogen-bond donors (Lipinski definition) is 1. The Morgan fingerprint density at radius 3 is 2.83 bits per heavy atom. The number of aromatic hydroxyl groups is 1. The van der Waals surface area contributed by atoms with Gasteiger partial charge in [0.2, 0.25) is 0 Å². The maximum atomic E-state index is 12.1. The van der Waals surface area contributed by atoms with Gasteiger partial charge in [0.05, 0.1) is 5.56 Å². The van der Waals surface area contributed by atoms with E-state index in [9.17, 15) is 9.90 Å². The van der Waals surface area contributed by atoms with Crippen molar-refractivity contribution >= 4 is 16.8 Å². The van der Waals surface area contributed by atoms with E-state index in [1.54, 1.807) is 0 Å². The van der Waals surface area contributed by atoms with E-state index in [0.717, 1.165) is 16.5 Å². The number of phenols is 1. The number of rotatable bonds is 1. The number of furan rings is 1. The first kappa shape index (κ1) is 11.3. The first-order valence-corrected chi connectivity index (χ1v) is 6.27. The molecular formula is C15H16O3. The Bertz CT molecular complexity index is 649. The first-order valence-electron chi connectivity index (χ1n) is 6.27. The van der Waals surface area contributed by atoms with Crippen LogP contribution in [0.3, 0.4) is 0 Å². The van der Waals surface area contributed by atoms with Crippen molar-refractivity contribution < 1.29 is 14.3 Å². The van der Waals surface area contributed by atoms with Gasteiger partial charge in [-0.15, -0.1) is 0 Å². The maximum absolute atomic E-state index is 12.1. The summed E-state index contributed by atoms with van der Waals surface area (Å²) in [6.45, 7) is 6.11. The highest BCUT2D eigenvalue weighted by molar-refractivity contribution is 6.12. The minimum absolute atomic E-state index is 0.114. The fourth-order valence-corrected chi connectivity index (χ4v) is 2.88. The van der Waals surface area contributed by atoms with Gasteiger partial charge in [-0.2, -0.15) is 0 Å². The Balaban J connectivity index is 2.41. The van der Waals surface area contributed by atoms with Crippen LogP contribution in [0.5, 0.6) is 5.75 Å². The summed E-state index contributed by atoms with van der Waals surface area (Å²) < 4.78 is 5.40. The third-order valence-electron chi connectivity index (χ3n) is 3.95. The zero-order valence-corrected chi connectivity index (χ0v) is 10.8. The van der Waals surface area contributed by atoms with Crippen LogP contribution < -0.4 is 0 Å². The predicted octanol–water partition coefficient (Wildman–Crippen LogP) is 3.77. The van der Waals surface area contributed by atoms with Gasteiger partial charge in [0.25, 0.3) is 0 Å². The van der Waals surface area contributed by atoms with E-state index in [4.69, 9.17) is 4.42 Å². The van der Waals surface area contributed by atoms with Crippen molar-refractivity contribution in [2.45, 2.75) is 33.1 Å². The molecule has 1 N–H and O–H groups in total. The summed E-state index contributed by atoms with van der Waals surface area (Å²) in [5.41, 5.74) is 3.02. The molecule has 0 fully saturated rings. The lowest BCUT2D eigenvalue weighted by molar-refractivity contribution is 0.0963. The van der Waals surface area contributed by atoms with Crippen molar-refractivity contribution in [3.8, 4) is 5.75 Å². The van der Waals surface area contributed by atoms with Gasteiger partial charge >= 0.3 is 0 Å². The van der Waals surface area contributed by atoms with Crippen LogP contribution >= 0.6 is 0 Å². The van der Waals surface area contributed by atoms with Crippen LogP contribution in [0, 0.1) is 12.8 Å². The fraction of sp³-hybridized carbons (Fsp3) is 0.400. The first-order chi connectivity index (χ1) is 8.50. The lowest BCUT2D eigenvalue weighted by atomic mass is 9.77. The molecule has 3 nitrogen and oxygen atoms in total. The molecule has 1 aliphatic carbocycles. The largest absolute Gasteiger partial charge is 0.504 e. The SMILES string of the molecule is Cc1cc2c3c(coc3c1O)C(=O)CC2C(C)C. The Hall–Kier alpha value is -1.77. The monoisotopic (exact) mass is 244 g/mol. The van der Waals surface area contributed by atoms with Crippen molar-refractivity contribution in [2.24, 2.45) is 5.92 Å². The van der Waals surface area contributed by atoms with Gasteiger partial charge in [0.1, 0.15) is 6.26 Å². The third-order valence-corrected chi connectivity index (χ3v) is 3.95. The highest BCUT2D eigenvalue weighted by Crippen LogP contribution is 2.45. The minimum atomic E-state index is 0.114. The lowest BCUT2D eigenvalue weighted by Crippen LogP contribution is -2.18. The molecule has 3 rings (SSSR count). The summed E-state index contributed by atoms with van der Waals surface area (Å²) in [6.07, 6.45) is 2.01. The number of carbonyl (C=O) groups excluding carboxylic acids is 1. The fourth-order valence-electron chi connectivity index (χ4n) is 2.88. The molecule has 0 aliphatic heterocycles. The third kappa shape index (κ3) is 1.33. The second kappa shape index (κ2) is 3.61. The topological polar surface area (TPSA) is 50.4 Å². The second-order valence-corrected chi connectivity index (χ2v) is 5.46. The summed E-state index contributed by atoms with van der Waals surface area (Å²) in [4.78, 5) is 12.1. The van der Waals surface area contributed by atoms with Crippen molar-refractivity contribution in [1.29, 1.82) is 0 Å². The van der Waals surface area contributed by atoms with Gasteiger partial charge in [-0.3, -0.25) is 4.79 Å². The van der Waals surface area contributed by atoms with Crippen molar-refractivity contribution in [3.63, 3.8) is 0 Å². The van der Waals surface area contributed by atoms with Crippen molar-refractivity contribution in [3.05, 3.63) is 29.0 Å². The number of Topliss-reactive ketones (excluding diaryl/α,β-unsaturated/α-hetero) is 1. The van der Waals surface area contributed by atoms with Gasteiger partial charge in [0.15, 0.2) is 17.1 Å². The molecule has 1 aromatic heterocycles. The molecule has 3 heteroatoms. The zero-order valence-electron chi connectivity index (χ0n) is 10.8. The molecule has 2 aromatic rings. The van der Waals surface area contributed by atoms with Crippen LogP contribution in [0.2, 0.25) is 0 Å². The average Bonchev–Trinajstić information content (AvgIpc) is 2.75. The molecule has 1 heterocycles. The number of hydrogen-bond acceptors (Lipinski definition) is 3. The molecule has 0 radical (unpaired) electrons. The van der Waals surface area contributed by atoms with Crippen LogP contribution in [-0.4, -0.2) is 10.9 Å². The van der Waals surface area contributed by atoms with Gasteiger partial charge < -0.3 is 9.52 Å². The van der Waals surface area contributed by atoms with Gasteiger partial charge in [-0.05, 0) is 29.9 Å². The highest BCUT2D eigenvalue weighted by atomic mass is 16.3. The number of ketones is 1. The predicted molar refractivity (Wildman–Crippen MR) is 69.1 cm³/mol. The molecule has 1 aromatic carbocycles. The van der Waals surface area contributed by atoms with Gasteiger partial charge in [-0.25, -0.2) is 0 Å². The van der Waals surface area contributed by atoms with E-state index in [1.807, 2.05) is 13.0 Å². The van der Waals surface area contributed by atoms with Crippen LogP contribution in [0.4, 0.5) is 0 Å². The van der Waals surface area contributed by atoms with E-state index in [0.29, 0.717) is 23.5 Å². The lowest BCUT2D eigenvalue weighted by Gasteiger charge is -2.25. The van der Waals surface area contributed by atoms with Gasteiger partial charge in [0, 0.05) is 11.8 Å². The summed E-state index contributed by atoms with van der Waals surface area (Å²) in [6, 6.07) is 1.99. The smallest absolute Gasteiger partial charge is 0.176 e. The number of phenolic OH excluding ortho intramolecular Hbond substituents is 1. The van der Waals surface area contributed by atoms with E-state index in [1.165, 1.54) is 6.26 Å². The van der Waals surface area contributed by atoms with Crippen LogP contribution in [0.15, 0.2) is 16.7 Å². The highest BCUT2D eigenvalue weighted by Gasteiger charge is 2.32. The van der Waals surface area contributed by atoms with E-state index in [-0.39, 0.29) is 17.5 Å². The summed E-state index contributed by atoms with van der Waals surface area (Å²) in [5, 5.41) is 10.8. The molecule has 18 heavy (non-hydrogen) atoms. The summed E-state index contributed by atoms with van der Waals surface area (Å²) in [7, 11) is 0. The van der Waals surface area contributed by atoms with Crippen LogP contribution in [0.25, 0.3) is 11.0 Å². The molecule has 0 saturated heterocycles. The number of aryl methyl sites for hydroxylation is 1. The zero-order chi connectivity index (χ0) is 13.0. The second-order valence-electron chi connectivity index (χ2n) is 5.46. The van der Waals surface area contributed by atoms with Crippen LogP contribution in [0.1, 0.15) is 47.7 Å². The summed E-state index contributed by atoms with van der Waals surface area (Å²) >= 11 is 0. The Kier molecular flexibility index (Phi) is 2.27. The Morgan fingerprint density at radius 1 is 1.44 bits per heavy atom. The van der Waals surface area contributed by atoms with E-state index in [2.05, 4.69) is 13.8 Å². The molecule has 1 unspecified atom stereocenters. The quantitative estimate of drug-likeness (QED) is 0.830. The Labute approximate surface area is 105 Å². The minimum Gasteiger partial charge on any atom is -0.504 e. The van der Waals surface area contributed by atoms with Crippen LogP contribution in [-0.2, 0) is 0 Å². The molecule has 0 saturated carbocycles. The normalized spacial score (nSPS) is 18.9. The standard InChI is InChI=1S/C15H16O3/c1-7(2)9-5-12(16)11-6-18-15-13(11)10(9)4-8(3)14(15)17/h4,6-7,9,17H,5H2,1-3H3. The number of benzene rings is 1. The molecular weight excluding hydrogens is 228 g/mol. The van der Waals surface area contributed by atoms with Crippen molar-refractivity contribution in [2.75, 3.05) is 0 Å². The van der Waals surface area contributed by atoms with Gasteiger partial charge in [-0.1, -0.05) is 19.9 Å². The number of carbonyl (C=O) groups is 1. The maximum Gasteiger partial charge on any atom is 0.176 e. The summed E-state index contributed by atoms with van der Waals surface area (Å²) in [5.74, 6) is 0.869.